The van der Waals surface area contributed by atoms with Crippen LogP contribution in [0, 0.1) is 5.82 Å². The minimum absolute atomic E-state index is 0.0338. The fourth-order valence-corrected chi connectivity index (χ4v) is 3.27. The molecule has 0 bridgehead atoms. The summed E-state index contributed by atoms with van der Waals surface area (Å²) in [7, 11) is 1.78. The quantitative estimate of drug-likeness (QED) is 0.739. The molecule has 0 saturated carbocycles. The van der Waals surface area contributed by atoms with Crippen LogP contribution in [0.4, 0.5) is 4.39 Å². The summed E-state index contributed by atoms with van der Waals surface area (Å²) in [5.74, 6) is -0.319. The van der Waals surface area contributed by atoms with Gasteiger partial charge in [0.1, 0.15) is 11.5 Å². The number of fused-ring (bicyclic) bond motifs is 1. The summed E-state index contributed by atoms with van der Waals surface area (Å²) in [5, 5.41) is 4.52. The zero-order valence-corrected chi connectivity index (χ0v) is 13.8. The Labute approximate surface area is 144 Å². The van der Waals surface area contributed by atoms with E-state index in [1.807, 2.05) is 17.0 Å². The number of halogens is 1. The van der Waals surface area contributed by atoms with Crippen LogP contribution in [0.25, 0.3) is 11.3 Å². The number of pyridine rings is 1. The number of carbonyl (C=O) groups is 1. The summed E-state index contributed by atoms with van der Waals surface area (Å²) in [4.78, 5) is 18.8. The van der Waals surface area contributed by atoms with Crippen molar-refractivity contribution in [2.45, 2.75) is 13.0 Å². The topological polar surface area (TPSA) is 51.0 Å². The number of aromatic nitrogens is 3. The smallest absolute Gasteiger partial charge is 0.272 e. The number of nitrogens with zero attached hydrogens (tertiary/aromatic N) is 4. The summed E-state index contributed by atoms with van der Waals surface area (Å²) in [6.07, 6.45) is 4.22. The molecular weight excluding hydrogens is 319 g/mol. The van der Waals surface area contributed by atoms with Gasteiger partial charge in [-0.05, 0) is 42.3 Å². The summed E-state index contributed by atoms with van der Waals surface area (Å²) >= 11 is 0. The highest BCUT2D eigenvalue weighted by Gasteiger charge is 2.31. The number of amides is 1. The Balaban J connectivity index is 1.67. The third-order valence-electron chi connectivity index (χ3n) is 4.48. The molecule has 0 atom stereocenters. The third-order valence-corrected chi connectivity index (χ3v) is 4.48. The SMILES string of the molecule is Cn1nc(-c2ccc(F)cc2)c2c1C(=O)N(Cc1cccnc1)CC2. The molecule has 5 nitrogen and oxygen atoms in total. The van der Waals surface area contributed by atoms with Crippen molar-refractivity contribution in [3.05, 3.63) is 71.4 Å². The van der Waals surface area contributed by atoms with Crippen molar-refractivity contribution in [3.63, 3.8) is 0 Å². The lowest BCUT2D eigenvalue weighted by molar-refractivity contribution is 0.0715. The van der Waals surface area contributed by atoms with E-state index in [4.69, 9.17) is 0 Å². The number of aryl methyl sites for hydroxylation is 1. The second-order valence-corrected chi connectivity index (χ2v) is 6.14. The molecule has 4 rings (SSSR count). The van der Waals surface area contributed by atoms with Crippen molar-refractivity contribution in [2.75, 3.05) is 6.54 Å². The Bertz CT molecular complexity index is 919. The van der Waals surface area contributed by atoms with Gasteiger partial charge in [0.15, 0.2) is 0 Å². The van der Waals surface area contributed by atoms with Gasteiger partial charge in [-0.25, -0.2) is 4.39 Å². The van der Waals surface area contributed by atoms with Gasteiger partial charge < -0.3 is 4.90 Å². The van der Waals surface area contributed by atoms with Gasteiger partial charge in [-0.15, -0.1) is 0 Å². The predicted octanol–water partition coefficient (Wildman–Crippen LogP) is 2.82. The third kappa shape index (κ3) is 2.80. The van der Waals surface area contributed by atoms with E-state index < -0.39 is 0 Å². The average molecular weight is 336 g/mol. The Morgan fingerprint density at radius 2 is 2.00 bits per heavy atom. The van der Waals surface area contributed by atoms with Gasteiger partial charge in [0.05, 0.1) is 5.69 Å². The Morgan fingerprint density at radius 3 is 2.72 bits per heavy atom. The highest BCUT2D eigenvalue weighted by atomic mass is 19.1. The lowest BCUT2D eigenvalue weighted by Gasteiger charge is -2.27. The first kappa shape index (κ1) is 15.5. The lowest BCUT2D eigenvalue weighted by atomic mass is 9.99. The summed E-state index contributed by atoms with van der Waals surface area (Å²) in [6.45, 7) is 1.16. The van der Waals surface area contributed by atoms with Gasteiger partial charge in [0.2, 0.25) is 0 Å². The number of benzene rings is 1. The van der Waals surface area contributed by atoms with Gasteiger partial charge in [-0.3, -0.25) is 14.5 Å². The highest BCUT2D eigenvalue weighted by Crippen LogP contribution is 2.30. The van der Waals surface area contributed by atoms with Crippen LogP contribution in [0.2, 0.25) is 0 Å². The van der Waals surface area contributed by atoms with E-state index in [1.54, 1.807) is 36.3 Å². The van der Waals surface area contributed by atoms with Crippen LogP contribution in [-0.2, 0) is 20.0 Å². The number of hydrogen-bond donors (Lipinski definition) is 0. The molecule has 0 spiro atoms. The normalized spacial score (nSPS) is 13.8. The largest absolute Gasteiger partial charge is 0.333 e. The minimum atomic E-state index is -0.285. The summed E-state index contributed by atoms with van der Waals surface area (Å²) < 4.78 is 14.8. The molecule has 3 aromatic rings. The first-order valence-corrected chi connectivity index (χ1v) is 8.13. The number of carbonyl (C=O) groups excluding carboxylic acids is 1. The second kappa shape index (κ2) is 6.12. The molecule has 0 aliphatic carbocycles. The fraction of sp³-hybridized carbons (Fsp3) is 0.211. The molecule has 0 fully saturated rings. The molecule has 1 amide bonds. The van der Waals surface area contributed by atoms with Crippen LogP contribution in [0.1, 0.15) is 21.6 Å². The van der Waals surface area contributed by atoms with Gasteiger partial charge in [-0.2, -0.15) is 5.10 Å². The molecule has 25 heavy (non-hydrogen) atoms. The second-order valence-electron chi connectivity index (χ2n) is 6.14. The molecule has 1 aliphatic rings. The van der Waals surface area contributed by atoms with Crippen LogP contribution < -0.4 is 0 Å². The zero-order chi connectivity index (χ0) is 17.4. The number of rotatable bonds is 3. The molecule has 2 aromatic heterocycles. The van der Waals surface area contributed by atoms with Gasteiger partial charge in [-0.1, -0.05) is 6.07 Å². The summed E-state index contributed by atoms with van der Waals surface area (Å²) in [5.41, 5.74) is 4.12. The monoisotopic (exact) mass is 336 g/mol. The van der Waals surface area contributed by atoms with E-state index in [-0.39, 0.29) is 11.7 Å². The molecule has 0 radical (unpaired) electrons. The van der Waals surface area contributed by atoms with E-state index in [0.29, 0.717) is 18.8 Å². The zero-order valence-electron chi connectivity index (χ0n) is 13.8. The van der Waals surface area contributed by atoms with Gasteiger partial charge >= 0.3 is 0 Å². The van der Waals surface area contributed by atoms with Crippen molar-refractivity contribution in [1.29, 1.82) is 0 Å². The van der Waals surface area contributed by atoms with E-state index in [0.717, 1.165) is 28.8 Å². The van der Waals surface area contributed by atoms with E-state index in [9.17, 15) is 9.18 Å². The molecule has 0 N–H and O–H groups in total. The van der Waals surface area contributed by atoms with Crippen molar-refractivity contribution in [2.24, 2.45) is 7.05 Å². The van der Waals surface area contributed by atoms with Crippen molar-refractivity contribution in [1.82, 2.24) is 19.7 Å². The molecule has 3 heterocycles. The van der Waals surface area contributed by atoms with Crippen molar-refractivity contribution in [3.8, 4) is 11.3 Å². The first-order valence-electron chi connectivity index (χ1n) is 8.13. The van der Waals surface area contributed by atoms with Crippen LogP contribution in [0.5, 0.6) is 0 Å². The van der Waals surface area contributed by atoms with E-state index in [1.165, 1.54) is 12.1 Å². The maximum Gasteiger partial charge on any atom is 0.272 e. The fourth-order valence-electron chi connectivity index (χ4n) is 3.27. The molecule has 1 aliphatic heterocycles. The van der Waals surface area contributed by atoms with Crippen LogP contribution in [0.15, 0.2) is 48.8 Å². The molecule has 1 aromatic carbocycles. The van der Waals surface area contributed by atoms with Crippen LogP contribution in [-0.4, -0.2) is 32.1 Å². The van der Waals surface area contributed by atoms with Crippen LogP contribution >= 0.6 is 0 Å². The standard InChI is InChI=1S/C19H17FN4O/c1-23-18-16(17(22-23)14-4-6-15(20)7-5-14)8-10-24(19(18)25)12-13-3-2-9-21-11-13/h2-7,9,11H,8,10,12H2,1H3. The number of hydrogen-bond acceptors (Lipinski definition) is 3. The van der Waals surface area contributed by atoms with Gasteiger partial charge in [0, 0.05) is 43.7 Å². The summed E-state index contributed by atoms with van der Waals surface area (Å²) in [6, 6.07) is 10.1. The van der Waals surface area contributed by atoms with Crippen molar-refractivity contribution >= 4 is 5.91 Å². The molecule has 126 valence electrons. The predicted molar refractivity (Wildman–Crippen MR) is 91.3 cm³/mol. The first-order chi connectivity index (χ1) is 12.1. The Kier molecular flexibility index (Phi) is 3.80. The van der Waals surface area contributed by atoms with E-state index >= 15 is 0 Å². The van der Waals surface area contributed by atoms with Gasteiger partial charge in [0.25, 0.3) is 5.91 Å². The molecule has 0 unspecified atom stereocenters. The Hall–Kier alpha value is -3.02. The maximum absolute atomic E-state index is 13.2. The average Bonchev–Trinajstić information content (AvgIpc) is 2.96. The van der Waals surface area contributed by atoms with E-state index in [2.05, 4.69) is 10.1 Å². The van der Waals surface area contributed by atoms with Crippen LogP contribution in [0.3, 0.4) is 0 Å². The highest BCUT2D eigenvalue weighted by molar-refractivity contribution is 5.97. The molecule has 6 heteroatoms. The Morgan fingerprint density at radius 1 is 1.20 bits per heavy atom. The molecule has 0 saturated heterocycles. The van der Waals surface area contributed by atoms with Crippen molar-refractivity contribution < 1.29 is 9.18 Å². The minimum Gasteiger partial charge on any atom is -0.333 e. The maximum atomic E-state index is 13.2. The lowest BCUT2D eigenvalue weighted by Crippen LogP contribution is -2.38. The molecular formula is C19H17FN4O.